The van der Waals surface area contributed by atoms with Crippen LogP contribution in [-0.4, -0.2) is 77.7 Å². The zero-order valence-electron chi connectivity index (χ0n) is 18.8. The van der Waals surface area contributed by atoms with Gasteiger partial charge in [0.25, 0.3) is 0 Å². The first-order valence-corrected chi connectivity index (χ1v) is 11.0. The summed E-state index contributed by atoms with van der Waals surface area (Å²) in [4.78, 5) is 23.4. The maximum Gasteiger partial charge on any atom is 0.236 e. The second-order valence-electron chi connectivity index (χ2n) is 8.40. The fraction of sp³-hybridized carbons (Fsp3) is 0.417. The van der Waals surface area contributed by atoms with Crippen molar-refractivity contribution in [3.63, 3.8) is 0 Å². The number of hydrogen-bond donors (Lipinski definition) is 2. The summed E-state index contributed by atoms with van der Waals surface area (Å²) in [6, 6.07) is 5.93. The van der Waals surface area contributed by atoms with Gasteiger partial charge in [0.1, 0.15) is 23.0 Å². The summed E-state index contributed by atoms with van der Waals surface area (Å²) in [5.74, 6) is -0.433. The molecule has 0 saturated carbocycles. The SMILES string of the molecule is COc1ccc(F)cc1-c1c(F)cnc2[nH]c(C3CCN(CC(=O)N(C)CCO)CC3)cc12. The van der Waals surface area contributed by atoms with Gasteiger partial charge in [-0.15, -0.1) is 0 Å². The number of methoxy groups -OCH3 is 1. The third-order valence-corrected chi connectivity index (χ3v) is 6.31. The summed E-state index contributed by atoms with van der Waals surface area (Å²) >= 11 is 0. The number of amides is 1. The number of pyridine rings is 1. The van der Waals surface area contributed by atoms with Crippen LogP contribution in [0.2, 0.25) is 0 Å². The zero-order valence-corrected chi connectivity index (χ0v) is 18.8. The molecule has 176 valence electrons. The molecule has 0 radical (unpaired) electrons. The second-order valence-corrected chi connectivity index (χ2v) is 8.40. The van der Waals surface area contributed by atoms with E-state index in [1.54, 1.807) is 7.05 Å². The lowest BCUT2D eigenvalue weighted by molar-refractivity contribution is -0.131. The average Bonchev–Trinajstić information content (AvgIpc) is 3.24. The van der Waals surface area contributed by atoms with E-state index in [0.29, 0.717) is 35.4 Å². The van der Waals surface area contributed by atoms with E-state index in [1.165, 1.54) is 30.2 Å². The molecule has 2 aromatic heterocycles. The number of aromatic amines is 1. The number of nitrogens with one attached hydrogen (secondary N) is 1. The monoisotopic (exact) mass is 458 g/mol. The van der Waals surface area contributed by atoms with E-state index in [2.05, 4.69) is 14.9 Å². The summed E-state index contributed by atoms with van der Waals surface area (Å²) in [5.41, 5.74) is 2.08. The van der Waals surface area contributed by atoms with Crippen LogP contribution in [0.4, 0.5) is 8.78 Å². The van der Waals surface area contributed by atoms with Gasteiger partial charge in [0.05, 0.1) is 26.5 Å². The van der Waals surface area contributed by atoms with Gasteiger partial charge in [-0.3, -0.25) is 9.69 Å². The molecule has 0 bridgehead atoms. The minimum absolute atomic E-state index is 0.0125. The lowest BCUT2D eigenvalue weighted by Crippen LogP contribution is -2.42. The van der Waals surface area contributed by atoms with E-state index in [4.69, 9.17) is 9.84 Å². The minimum Gasteiger partial charge on any atom is -0.496 e. The Bertz CT molecular complexity index is 1140. The predicted octanol–water partition coefficient (Wildman–Crippen LogP) is 3.15. The summed E-state index contributed by atoms with van der Waals surface area (Å²) < 4.78 is 34.2. The number of benzene rings is 1. The van der Waals surface area contributed by atoms with E-state index >= 15 is 0 Å². The maximum absolute atomic E-state index is 14.9. The number of aliphatic hydroxyl groups excluding tert-OH is 1. The molecular weight excluding hydrogens is 430 g/mol. The van der Waals surface area contributed by atoms with Gasteiger partial charge in [-0.05, 0) is 50.2 Å². The van der Waals surface area contributed by atoms with Gasteiger partial charge in [0.15, 0.2) is 0 Å². The molecule has 0 unspecified atom stereocenters. The minimum atomic E-state index is -0.544. The van der Waals surface area contributed by atoms with Crippen molar-refractivity contribution in [2.75, 3.05) is 46.9 Å². The Morgan fingerprint density at radius 1 is 1.30 bits per heavy atom. The highest BCUT2D eigenvalue weighted by molar-refractivity contribution is 5.95. The van der Waals surface area contributed by atoms with Crippen LogP contribution in [0, 0.1) is 11.6 Å². The molecule has 4 rings (SSSR count). The number of fused-ring (bicyclic) bond motifs is 1. The smallest absolute Gasteiger partial charge is 0.236 e. The summed E-state index contributed by atoms with van der Waals surface area (Å²) in [5, 5.41) is 9.58. The van der Waals surface area contributed by atoms with Gasteiger partial charge in [-0.1, -0.05) is 0 Å². The Kier molecular flexibility index (Phi) is 6.90. The number of carbonyl (C=O) groups excluding carboxylic acids is 1. The van der Waals surface area contributed by atoms with Crippen LogP contribution < -0.4 is 4.74 Å². The number of halogens is 2. The van der Waals surface area contributed by atoms with Crippen LogP contribution in [0.5, 0.6) is 5.75 Å². The van der Waals surface area contributed by atoms with E-state index in [9.17, 15) is 13.6 Å². The first-order valence-electron chi connectivity index (χ1n) is 11.0. The fourth-order valence-corrected chi connectivity index (χ4v) is 4.43. The third kappa shape index (κ3) is 4.84. The molecule has 0 aliphatic carbocycles. The molecule has 1 amide bonds. The van der Waals surface area contributed by atoms with Crippen molar-refractivity contribution in [2.45, 2.75) is 18.8 Å². The summed E-state index contributed by atoms with van der Waals surface area (Å²) in [6.45, 7) is 2.11. The van der Waals surface area contributed by atoms with Gasteiger partial charge in [0.2, 0.25) is 5.91 Å². The Labute approximate surface area is 191 Å². The van der Waals surface area contributed by atoms with Crippen LogP contribution in [0.3, 0.4) is 0 Å². The fourth-order valence-electron chi connectivity index (χ4n) is 4.43. The number of aromatic nitrogens is 2. The highest BCUT2D eigenvalue weighted by Crippen LogP contribution is 2.39. The van der Waals surface area contributed by atoms with Crippen molar-refractivity contribution in [2.24, 2.45) is 0 Å². The highest BCUT2D eigenvalue weighted by Gasteiger charge is 2.25. The number of H-pyrrole nitrogens is 1. The number of carbonyl (C=O) groups is 1. The Balaban J connectivity index is 1.55. The van der Waals surface area contributed by atoms with E-state index in [0.717, 1.165) is 37.8 Å². The van der Waals surface area contributed by atoms with E-state index < -0.39 is 11.6 Å². The Hall–Kier alpha value is -3.04. The molecule has 3 aromatic rings. The topological polar surface area (TPSA) is 81.7 Å². The number of ether oxygens (including phenoxy) is 1. The lowest BCUT2D eigenvalue weighted by Gasteiger charge is -2.32. The Morgan fingerprint density at radius 2 is 2.06 bits per heavy atom. The van der Waals surface area contributed by atoms with Gasteiger partial charge in [-0.25, -0.2) is 13.8 Å². The molecule has 33 heavy (non-hydrogen) atoms. The van der Waals surface area contributed by atoms with Crippen molar-refractivity contribution >= 4 is 16.9 Å². The quantitative estimate of drug-likeness (QED) is 0.569. The second kappa shape index (κ2) is 9.84. The molecule has 3 heterocycles. The van der Waals surface area contributed by atoms with Gasteiger partial charge < -0.3 is 19.7 Å². The molecule has 1 aliphatic rings. The van der Waals surface area contributed by atoms with Crippen molar-refractivity contribution in [3.8, 4) is 16.9 Å². The number of hydrogen-bond acceptors (Lipinski definition) is 5. The van der Waals surface area contributed by atoms with E-state index in [-0.39, 0.29) is 24.0 Å². The summed E-state index contributed by atoms with van der Waals surface area (Å²) in [7, 11) is 3.16. The van der Waals surface area contributed by atoms with E-state index in [1.807, 2.05) is 6.07 Å². The van der Waals surface area contributed by atoms with Crippen LogP contribution in [0.15, 0.2) is 30.5 Å². The first-order chi connectivity index (χ1) is 15.9. The maximum atomic E-state index is 14.9. The zero-order chi connectivity index (χ0) is 23.5. The van der Waals surface area contributed by atoms with Crippen LogP contribution in [-0.2, 0) is 4.79 Å². The molecule has 2 N–H and O–H groups in total. The van der Waals surface area contributed by atoms with Crippen LogP contribution in [0.1, 0.15) is 24.5 Å². The normalized spacial score (nSPS) is 15.2. The van der Waals surface area contributed by atoms with Gasteiger partial charge in [-0.2, -0.15) is 0 Å². The number of likely N-dealkylation sites (tertiary alicyclic amines) is 1. The number of likely N-dealkylation sites (N-methyl/N-ethyl adjacent to an activating group) is 1. The number of rotatable bonds is 7. The molecule has 7 nitrogen and oxygen atoms in total. The largest absolute Gasteiger partial charge is 0.496 e. The third-order valence-electron chi connectivity index (χ3n) is 6.31. The molecule has 0 spiro atoms. The standard InChI is InChI=1S/C24H28F2N4O3/c1-29(9-10-31)22(32)14-30-7-5-15(6-8-30)20-12-18-23(19(26)13-27-24(18)28-20)17-11-16(25)3-4-21(17)33-2/h3-4,11-13,15,31H,5-10,14H2,1-2H3,(H,27,28). The molecule has 1 saturated heterocycles. The van der Waals surface area contributed by atoms with Crippen LogP contribution in [0.25, 0.3) is 22.2 Å². The van der Waals surface area contributed by atoms with Crippen molar-refractivity contribution in [3.05, 3.63) is 47.8 Å². The molecule has 1 fully saturated rings. The lowest BCUT2D eigenvalue weighted by atomic mass is 9.93. The van der Waals surface area contributed by atoms with Crippen LogP contribution >= 0.6 is 0 Å². The molecular formula is C24H28F2N4O3. The molecule has 9 heteroatoms. The number of piperidine rings is 1. The Morgan fingerprint density at radius 3 is 2.76 bits per heavy atom. The first kappa shape index (κ1) is 23.1. The highest BCUT2D eigenvalue weighted by atomic mass is 19.1. The molecule has 1 aliphatic heterocycles. The number of nitrogens with zero attached hydrogens (tertiary/aromatic N) is 3. The molecule has 1 aromatic carbocycles. The van der Waals surface area contributed by atoms with Gasteiger partial charge >= 0.3 is 0 Å². The van der Waals surface area contributed by atoms with Gasteiger partial charge in [0, 0.05) is 41.7 Å². The number of aliphatic hydroxyl groups is 1. The van der Waals surface area contributed by atoms with Crippen molar-refractivity contribution in [1.29, 1.82) is 0 Å². The molecule has 0 atom stereocenters. The average molecular weight is 459 g/mol. The predicted molar refractivity (Wildman–Crippen MR) is 121 cm³/mol. The van der Waals surface area contributed by atoms with Crippen molar-refractivity contribution < 1.29 is 23.4 Å². The summed E-state index contributed by atoms with van der Waals surface area (Å²) in [6.07, 6.45) is 2.81. The van der Waals surface area contributed by atoms with Crippen molar-refractivity contribution in [1.82, 2.24) is 19.8 Å².